The van der Waals surface area contributed by atoms with Crippen LogP contribution in [0.15, 0.2) is 60.9 Å². The van der Waals surface area contributed by atoms with Gasteiger partial charge in [-0.05, 0) is 24.1 Å². The number of rotatable bonds is 3. The second-order valence-electron chi connectivity index (χ2n) is 6.10. The lowest BCUT2D eigenvalue weighted by Crippen LogP contribution is -2.31. The molecule has 1 unspecified atom stereocenters. The van der Waals surface area contributed by atoms with E-state index in [1.807, 2.05) is 39.8 Å². The Morgan fingerprint density at radius 1 is 1.09 bits per heavy atom. The SMILES string of the molecule is O=C(Cn1cnc2ccccc21)N1CCC(c2ccccc2)C1. The van der Waals surface area contributed by atoms with Crippen molar-refractivity contribution < 1.29 is 4.79 Å². The topological polar surface area (TPSA) is 38.1 Å². The molecule has 0 radical (unpaired) electrons. The van der Waals surface area contributed by atoms with Gasteiger partial charge in [0.2, 0.25) is 5.91 Å². The number of nitrogens with zero attached hydrogens (tertiary/aromatic N) is 3. The van der Waals surface area contributed by atoms with Gasteiger partial charge in [-0.15, -0.1) is 0 Å². The number of likely N-dealkylation sites (tertiary alicyclic amines) is 1. The summed E-state index contributed by atoms with van der Waals surface area (Å²) in [6.07, 6.45) is 2.80. The number of carbonyl (C=O) groups is 1. The molecule has 0 saturated carbocycles. The first-order chi connectivity index (χ1) is 11.3. The fourth-order valence-corrected chi connectivity index (χ4v) is 3.37. The Labute approximate surface area is 135 Å². The van der Waals surface area contributed by atoms with Gasteiger partial charge in [0.05, 0.1) is 17.4 Å². The average molecular weight is 305 g/mol. The summed E-state index contributed by atoms with van der Waals surface area (Å²) in [5, 5.41) is 0. The molecule has 0 bridgehead atoms. The summed E-state index contributed by atoms with van der Waals surface area (Å²) in [5.41, 5.74) is 3.28. The van der Waals surface area contributed by atoms with Crippen LogP contribution in [0.2, 0.25) is 0 Å². The molecule has 1 amide bonds. The third kappa shape index (κ3) is 2.72. The summed E-state index contributed by atoms with van der Waals surface area (Å²) in [6.45, 7) is 2.02. The van der Waals surface area contributed by atoms with Gasteiger partial charge < -0.3 is 9.47 Å². The molecule has 0 aliphatic carbocycles. The summed E-state index contributed by atoms with van der Waals surface area (Å²) < 4.78 is 1.94. The zero-order chi connectivity index (χ0) is 15.6. The molecule has 1 aliphatic rings. The smallest absolute Gasteiger partial charge is 0.242 e. The van der Waals surface area contributed by atoms with Crippen LogP contribution in [0, 0.1) is 0 Å². The molecule has 4 rings (SSSR count). The van der Waals surface area contributed by atoms with E-state index in [9.17, 15) is 4.79 Å². The monoisotopic (exact) mass is 305 g/mol. The van der Waals surface area contributed by atoms with E-state index in [2.05, 4.69) is 29.2 Å². The quantitative estimate of drug-likeness (QED) is 0.746. The van der Waals surface area contributed by atoms with E-state index < -0.39 is 0 Å². The van der Waals surface area contributed by atoms with Gasteiger partial charge in [0.25, 0.3) is 0 Å². The van der Waals surface area contributed by atoms with Crippen LogP contribution in [0.4, 0.5) is 0 Å². The van der Waals surface area contributed by atoms with Crippen LogP contribution >= 0.6 is 0 Å². The van der Waals surface area contributed by atoms with Gasteiger partial charge in [-0.2, -0.15) is 0 Å². The van der Waals surface area contributed by atoms with Gasteiger partial charge in [0.15, 0.2) is 0 Å². The summed E-state index contributed by atoms with van der Waals surface area (Å²) in [5.74, 6) is 0.631. The number of imidazole rings is 1. The van der Waals surface area contributed by atoms with E-state index in [0.29, 0.717) is 12.5 Å². The summed E-state index contributed by atoms with van der Waals surface area (Å²) >= 11 is 0. The second-order valence-corrected chi connectivity index (χ2v) is 6.10. The molecule has 0 N–H and O–H groups in total. The summed E-state index contributed by atoms with van der Waals surface area (Å²) in [7, 11) is 0. The van der Waals surface area contributed by atoms with E-state index in [1.165, 1.54) is 5.56 Å². The lowest BCUT2D eigenvalue weighted by Gasteiger charge is -2.17. The maximum atomic E-state index is 12.6. The third-order valence-corrected chi connectivity index (χ3v) is 4.64. The summed E-state index contributed by atoms with van der Waals surface area (Å²) in [4.78, 5) is 18.9. The first-order valence-corrected chi connectivity index (χ1v) is 8.04. The highest BCUT2D eigenvalue weighted by Gasteiger charge is 2.27. The van der Waals surface area contributed by atoms with Gasteiger partial charge in [0, 0.05) is 19.0 Å². The van der Waals surface area contributed by atoms with E-state index >= 15 is 0 Å². The minimum atomic E-state index is 0.173. The van der Waals surface area contributed by atoms with Crippen molar-refractivity contribution in [3.63, 3.8) is 0 Å². The van der Waals surface area contributed by atoms with Crippen LogP contribution in [0.5, 0.6) is 0 Å². The summed E-state index contributed by atoms with van der Waals surface area (Å²) in [6, 6.07) is 18.4. The third-order valence-electron chi connectivity index (χ3n) is 4.64. The predicted molar refractivity (Wildman–Crippen MR) is 90.1 cm³/mol. The lowest BCUT2D eigenvalue weighted by molar-refractivity contribution is -0.130. The van der Waals surface area contributed by atoms with Crippen molar-refractivity contribution in [3.05, 3.63) is 66.5 Å². The maximum absolute atomic E-state index is 12.6. The lowest BCUT2D eigenvalue weighted by atomic mass is 9.99. The van der Waals surface area contributed by atoms with Crippen LogP contribution in [-0.4, -0.2) is 33.4 Å². The fraction of sp³-hybridized carbons (Fsp3) is 0.263. The molecule has 4 nitrogen and oxygen atoms in total. The number of benzene rings is 2. The van der Waals surface area contributed by atoms with E-state index in [4.69, 9.17) is 0 Å². The first-order valence-electron chi connectivity index (χ1n) is 8.04. The van der Waals surface area contributed by atoms with Gasteiger partial charge in [-0.1, -0.05) is 42.5 Å². The Balaban J connectivity index is 1.46. The van der Waals surface area contributed by atoms with Gasteiger partial charge in [-0.3, -0.25) is 4.79 Å². The Morgan fingerprint density at radius 2 is 1.87 bits per heavy atom. The van der Waals surface area contributed by atoms with Crippen LogP contribution in [0.1, 0.15) is 17.9 Å². The average Bonchev–Trinajstić information content (AvgIpc) is 3.24. The molecule has 3 aromatic rings. The number of aromatic nitrogens is 2. The highest BCUT2D eigenvalue weighted by Crippen LogP contribution is 2.27. The molecule has 1 saturated heterocycles. The molecule has 2 heterocycles. The van der Waals surface area contributed by atoms with Crippen molar-refractivity contribution in [2.45, 2.75) is 18.9 Å². The Morgan fingerprint density at radius 3 is 2.74 bits per heavy atom. The fourth-order valence-electron chi connectivity index (χ4n) is 3.37. The second kappa shape index (κ2) is 5.88. The zero-order valence-electron chi connectivity index (χ0n) is 12.9. The molecule has 1 atom stereocenters. The zero-order valence-corrected chi connectivity index (χ0v) is 12.9. The van der Waals surface area contributed by atoms with E-state index in [1.54, 1.807) is 6.33 Å². The van der Waals surface area contributed by atoms with Crippen LogP contribution in [0.25, 0.3) is 11.0 Å². The standard InChI is InChI=1S/C19H19N3O/c23-19(13-22-14-20-17-8-4-5-9-18(17)22)21-11-10-16(12-21)15-6-2-1-3-7-15/h1-9,14,16H,10-13H2. The minimum absolute atomic E-state index is 0.173. The van der Waals surface area contributed by atoms with Crippen molar-refractivity contribution in [1.82, 2.24) is 14.5 Å². The molecule has 23 heavy (non-hydrogen) atoms. The number of hydrogen-bond donors (Lipinski definition) is 0. The molecule has 116 valence electrons. The molecule has 1 aromatic heterocycles. The normalized spacial score (nSPS) is 17.7. The van der Waals surface area contributed by atoms with E-state index in [-0.39, 0.29) is 5.91 Å². The van der Waals surface area contributed by atoms with Crippen molar-refractivity contribution >= 4 is 16.9 Å². The number of para-hydroxylation sites is 2. The number of hydrogen-bond acceptors (Lipinski definition) is 2. The Bertz CT molecular complexity index is 825. The van der Waals surface area contributed by atoms with Crippen LogP contribution < -0.4 is 0 Å². The predicted octanol–water partition coefficient (Wildman–Crippen LogP) is 3.05. The maximum Gasteiger partial charge on any atom is 0.242 e. The van der Waals surface area contributed by atoms with Crippen molar-refractivity contribution in [3.8, 4) is 0 Å². The highest BCUT2D eigenvalue weighted by atomic mass is 16.2. The molecule has 0 spiro atoms. The van der Waals surface area contributed by atoms with Crippen LogP contribution in [0.3, 0.4) is 0 Å². The number of carbonyl (C=O) groups excluding carboxylic acids is 1. The highest BCUT2D eigenvalue weighted by molar-refractivity contribution is 5.80. The molecular formula is C19H19N3O. The van der Waals surface area contributed by atoms with Crippen molar-refractivity contribution in [1.29, 1.82) is 0 Å². The molecule has 4 heteroatoms. The number of fused-ring (bicyclic) bond motifs is 1. The van der Waals surface area contributed by atoms with Gasteiger partial charge in [-0.25, -0.2) is 4.98 Å². The van der Waals surface area contributed by atoms with Crippen LogP contribution in [-0.2, 0) is 11.3 Å². The van der Waals surface area contributed by atoms with Crippen molar-refractivity contribution in [2.24, 2.45) is 0 Å². The van der Waals surface area contributed by atoms with Gasteiger partial charge in [0.1, 0.15) is 6.54 Å². The Kier molecular flexibility index (Phi) is 3.58. The molecule has 2 aromatic carbocycles. The number of amides is 1. The first kappa shape index (κ1) is 14.0. The minimum Gasteiger partial charge on any atom is -0.341 e. The largest absolute Gasteiger partial charge is 0.341 e. The molecular weight excluding hydrogens is 286 g/mol. The van der Waals surface area contributed by atoms with Crippen molar-refractivity contribution in [2.75, 3.05) is 13.1 Å². The Hall–Kier alpha value is -2.62. The van der Waals surface area contributed by atoms with Gasteiger partial charge >= 0.3 is 0 Å². The van der Waals surface area contributed by atoms with E-state index in [0.717, 1.165) is 30.5 Å². The molecule has 1 aliphatic heterocycles. The molecule has 1 fully saturated rings.